The van der Waals surface area contributed by atoms with Crippen molar-refractivity contribution in [3.05, 3.63) is 0 Å². The molecule has 2 unspecified atom stereocenters. The molecule has 0 aromatic carbocycles. The Hall–Kier alpha value is -0.463. The van der Waals surface area contributed by atoms with E-state index in [1.165, 1.54) is 0 Å². The van der Waals surface area contributed by atoms with Gasteiger partial charge in [0, 0.05) is 19.8 Å². The molecule has 0 aliphatic heterocycles. The average molecular weight is 376 g/mol. The first-order chi connectivity index (χ1) is 10.3. The van der Waals surface area contributed by atoms with E-state index in [0.29, 0.717) is 0 Å². The van der Waals surface area contributed by atoms with Crippen LogP contribution in [0.5, 0.6) is 0 Å². The van der Waals surface area contributed by atoms with Gasteiger partial charge in [0.15, 0.2) is 0 Å². The van der Waals surface area contributed by atoms with Crippen molar-refractivity contribution in [3.63, 3.8) is 0 Å². The van der Waals surface area contributed by atoms with Crippen LogP contribution in [0.15, 0.2) is 0 Å². The Balaban J connectivity index is 3.66. The Bertz CT molecular complexity index is 418. The van der Waals surface area contributed by atoms with Gasteiger partial charge in [-0.15, -0.1) is 0 Å². The van der Waals surface area contributed by atoms with Crippen LogP contribution in [-0.2, 0) is 13.3 Å². The molecule has 0 amide bonds. The summed E-state index contributed by atoms with van der Waals surface area (Å²) in [6, 6.07) is 0. The summed E-state index contributed by atoms with van der Waals surface area (Å²) in [4.78, 5) is 0. The van der Waals surface area contributed by atoms with Crippen LogP contribution in [0.25, 0.3) is 0 Å². The van der Waals surface area contributed by atoms with E-state index in [0.717, 1.165) is 20.8 Å². The SMILES string of the molecule is CCO[Si](OCC)(OCC)C1(F)C(F)C(F)(F)C(F)(F)C1(F)F. The van der Waals surface area contributed by atoms with Gasteiger partial charge in [0.2, 0.25) is 6.17 Å². The molecule has 2 atom stereocenters. The highest BCUT2D eigenvalue weighted by atomic mass is 28.4. The van der Waals surface area contributed by atoms with Crippen LogP contribution in [0.4, 0.5) is 35.1 Å². The lowest BCUT2D eigenvalue weighted by Crippen LogP contribution is -2.73. The van der Waals surface area contributed by atoms with Gasteiger partial charge >= 0.3 is 26.6 Å². The number of hydrogen-bond acceptors (Lipinski definition) is 3. The molecule has 138 valence electrons. The summed E-state index contributed by atoms with van der Waals surface area (Å²) >= 11 is 0. The maximum Gasteiger partial charge on any atom is 0.550 e. The molecule has 0 aromatic rings. The molecule has 0 N–H and O–H groups in total. The number of rotatable bonds is 7. The van der Waals surface area contributed by atoms with E-state index < -0.39 is 57.9 Å². The topological polar surface area (TPSA) is 27.7 Å². The van der Waals surface area contributed by atoms with E-state index in [2.05, 4.69) is 13.3 Å². The second kappa shape index (κ2) is 6.12. The number of alkyl halides is 8. The largest absolute Gasteiger partial charge is 0.550 e. The highest BCUT2D eigenvalue weighted by Crippen LogP contribution is 2.66. The molecule has 1 rings (SSSR count). The third-order valence-electron chi connectivity index (χ3n) is 3.39. The molecule has 0 saturated heterocycles. The first-order valence-electron chi connectivity index (χ1n) is 6.72. The van der Waals surface area contributed by atoms with Gasteiger partial charge in [-0.1, -0.05) is 0 Å². The fraction of sp³-hybridized carbons (Fsp3) is 1.00. The van der Waals surface area contributed by atoms with Gasteiger partial charge in [-0.3, -0.25) is 0 Å². The summed E-state index contributed by atoms with van der Waals surface area (Å²) in [5.74, 6) is -18.3. The van der Waals surface area contributed by atoms with Crippen LogP contribution >= 0.6 is 0 Å². The van der Waals surface area contributed by atoms with E-state index >= 15 is 0 Å². The summed E-state index contributed by atoms with van der Waals surface area (Å²) in [6.45, 7) is 1.62. The normalized spacial score (nSPS) is 32.2. The van der Waals surface area contributed by atoms with Crippen LogP contribution in [0.3, 0.4) is 0 Å². The van der Waals surface area contributed by atoms with Crippen molar-refractivity contribution in [2.75, 3.05) is 19.8 Å². The summed E-state index contributed by atoms with van der Waals surface area (Å²) in [7, 11) is -5.61. The molecule has 23 heavy (non-hydrogen) atoms. The van der Waals surface area contributed by atoms with Crippen molar-refractivity contribution in [2.24, 2.45) is 0 Å². The zero-order chi connectivity index (χ0) is 18.3. The van der Waals surface area contributed by atoms with Crippen LogP contribution in [0, 0.1) is 0 Å². The van der Waals surface area contributed by atoms with Gasteiger partial charge < -0.3 is 13.3 Å². The van der Waals surface area contributed by atoms with Crippen LogP contribution in [-0.4, -0.2) is 57.9 Å². The van der Waals surface area contributed by atoms with Crippen molar-refractivity contribution >= 4 is 8.80 Å². The van der Waals surface area contributed by atoms with E-state index in [1.807, 2.05) is 0 Å². The molecule has 1 fully saturated rings. The molecule has 1 aliphatic rings. The summed E-state index contributed by atoms with van der Waals surface area (Å²) in [6.07, 6.45) is -4.57. The number of halogens is 8. The Kier molecular flexibility index (Phi) is 5.47. The van der Waals surface area contributed by atoms with E-state index in [4.69, 9.17) is 0 Å². The van der Waals surface area contributed by atoms with Gasteiger partial charge in [-0.05, 0) is 20.8 Å². The third kappa shape index (κ3) is 2.32. The van der Waals surface area contributed by atoms with Crippen LogP contribution < -0.4 is 0 Å². The van der Waals surface area contributed by atoms with Crippen molar-refractivity contribution in [2.45, 2.75) is 50.0 Å². The molecular weight excluding hydrogens is 360 g/mol. The lowest BCUT2D eigenvalue weighted by atomic mass is 10.2. The minimum Gasteiger partial charge on any atom is -0.372 e. The first kappa shape index (κ1) is 20.6. The highest BCUT2D eigenvalue weighted by molar-refractivity contribution is 6.65. The maximum atomic E-state index is 15.0. The molecule has 0 bridgehead atoms. The summed E-state index contributed by atoms with van der Waals surface area (Å²) in [5.41, 5.74) is 0. The Labute approximate surface area is 128 Å². The summed E-state index contributed by atoms with van der Waals surface area (Å²) in [5, 5.41) is -5.14. The lowest BCUT2D eigenvalue weighted by Gasteiger charge is -2.40. The smallest absolute Gasteiger partial charge is 0.372 e. The monoisotopic (exact) mass is 376 g/mol. The maximum absolute atomic E-state index is 15.0. The van der Waals surface area contributed by atoms with Crippen molar-refractivity contribution < 1.29 is 48.4 Å². The quantitative estimate of drug-likeness (QED) is 0.503. The van der Waals surface area contributed by atoms with Gasteiger partial charge in [0.05, 0.1) is 0 Å². The molecule has 3 nitrogen and oxygen atoms in total. The molecule has 0 heterocycles. The molecule has 0 aromatic heterocycles. The Morgan fingerprint density at radius 1 is 0.739 bits per heavy atom. The standard InChI is InChI=1S/C11H16F8O3Si/c1-4-20-23(21-5-2,22-6-3)9(15)7(12)8(13,14)10(16,17)11(9,18)19/h7H,4-6H2,1-3H3. The molecule has 1 saturated carbocycles. The van der Waals surface area contributed by atoms with Gasteiger partial charge in [-0.2, -0.15) is 26.3 Å². The third-order valence-corrected chi connectivity index (χ3v) is 6.85. The Morgan fingerprint density at radius 3 is 1.30 bits per heavy atom. The van der Waals surface area contributed by atoms with Crippen LogP contribution in [0.1, 0.15) is 20.8 Å². The van der Waals surface area contributed by atoms with Gasteiger partial charge in [-0.25, -0.2) is 8.78 Å². The minimum absolute atomic E-state index is 0.599. The average Bonchev–Trinajstić information content (AvgIpc) is 2.51. The Morgan fingerprint density at radius 2 is 1.09 bits per heavy atom. The second-order valence-corrected chi connectivity index (χ2v) is 7.41. The highest BCUT2D eigenvalue weighted by Gasteiger charge is 2.99. The van der Waals surface area contributed by atoms with E-state index in [1.54, 1.807) is 0 Å². The predicted octanol–water partition coefficient (Wildman–Crippen LogP) is 3.54. The molecular formula is C11H16F8O3Si. The van der Waals surface area contributed by atoms with E-state index in [9.17, 15) is 35.1 Å². The van der Waals surface area contributed by atoms with Crippen LogP contribution in [0.2, 0.25) is 0 Å². The minimum atomic E-state index is -6.28. The fourth-order valence-corrected chi connectivity index (χ4v) is 5.42. The van der Waals surface area contributed by atoms with Gasteiger partial charge in [0.25, 0.3) is 5.29 Å². The van der Waals surface area contributed by atoms with Crippen molar-refractivity contribution in [1.29, 1.82) is 0 Å². The van der Waals surface area contributed by atoms with Crippen molar-refractivity contribution in [1.82, 2.24) is 0 Å². The molecule has 0 spiro atoms. The zero-order valence-electron chi connectivity index (χ0n) is 12.4. The second-order valence-electron chi connectivity index (χ2n) is 4.70. The first-order valence-corrected chi connectivity index (χ1v) is 8.44. The lowest BCUT2D eigenvalue weighted by molar-refractivity contribution is -0.286. The molecule has 0 radical (unpaired) electrons. The van der Waals surface area contributed by atoms with Gasteiger partial charge in [0.1, 0.15) is 0 Å². The fourth-order valence-electron chi connectivity index (χ4n) is 2.36. The van der Waals surface area contributed by atoms with Crippen molar-refractivity contribution in [3.8, 4) is 0 Å². The number of hydrogen-bond donors (Lipinski definition) is 0. The predicted molar refractivity (Wildman–Crippen MR) is 64.2 cm³/mol. The summed E-state index contributed by atoms with van der Waals surface area (Å²) < 4.78 is 124. The zero-order valence-corrected chi connectivity index (χ0v) is 13.4. The molecule has 12 heteroatoms. The molecule has 1 aliphatic carbocycles. The van der Waals surface area contributed by atoms with E-state index in [-0.39, 0.29) is 0 Å².